The van der Waals surface area contributed by atoms with E-state index < -0.39 is 0 Å². The van der Waals surface area contributed by atoms with Crippen molar-refractivity contribution in [3.8, 4) is 0 Å². The molecule has 90 valence electrons. The van der Waals surface area contributed by atoms with Gasteiger partial charge in [-0.05, 0) is 42.8 Å². The molecule has 0 aromatic carbocycles. The molecular weight excluding hydrogens is 220 g/mol. The van der Waals surface area contributed by atoms with Crippen LogP contribution in [0.3, 0.4) is 0 Å². The topological polar surface area (TPSA) is 55.9 Å². The molecule has 0 bridgehead atoms. The van der Waals surface area contributed by atoms with E-state index in [1.807, 2.05) is 29.7 Å². The van der Waals surface area contributed by atoms with Gasteiger partial charge in [-0.2, -0.15) is 16.9 Å². The Kier molecular flexibility index (Phi) is 4.26. The van der Waals surface area contributed by atoms with E-state index >= 15 is 0 Å². The minimum absolute atomic E-state index is 0.449. The maximum absolute atomic E-state index is 5.65. The third kappa shape index (κ3) is 2.78. The maximum Gasteiger partial charge on any atom is 0.0492 e. The second-order valence-electron chi connectivity index (χ2n) is 4.38. The lowest BCUT2D eigenvalue weighted by atomic mass is 9.95. The van der Waals surface area contributed by atoms with Crippen LogP contribution in [0, 0.1) is 5.92 Å². The summed E-state index contributed by atoms with van der Waals surface area (Å²) in [5.41, 5.74) is 4.27. The molecule has 1 aliphatic heterocycles. The van der Waals surface area contributed by atoms with E-state index in [4.69, 9.17) is 5.84 Å². The van der Waals surface area contributed by atoms with Gasteiger partial charge in [0.2, 0.25) is 0 Å². The van der Waals surface area contributed by atoms with Crippen molar-refractivity contribution in [1.29, 1.82) is 0 Å². The van der Waals surface area contributed by atoms with Gasteiger partial charge in [-0.25, -0.2) is 0 Å². The Morgan fingerprint density at radius 2 is 2.62 bits per heavy atom. The van der Waals surface area contributed by atoms with Crippen molar-refractivity contribution >= 4 is 11.8 Å². The number of aromatic nitrogens is 2. The Labute approximate surface area is 101 Å². The summed E-state index contributed by atoms with van der Waals surface area (Å²) in [6.07, 6.45) is 5.30. The van der Waals surface area contributed by atoms with Crippen LogP contribution in [0.2, 0.25) is 0 Å². The van der Waals surface area contributed by atoms with Gasteiger partial charge in [-0.15, -0.1) is 0 Å². The van der Waals surface area contributed by atoms with Crippen LogP contribution < -0.4 is 11.3 Å². The predicted molar refractivity (Wildman–Crippen MR) is 68.1 cm³/mol. The number of hydrogen-bond donors (Lipinski definition) is 2. The predicted octanol–water partition coefficient (Wildman–Crippen LogP) is 0.938. The molecule has 0 radical (unpaired) electrons. The molecular formula is C11H20N4S. The van der Waals surface area contributed by atoms with Gasteiger partial charge in [0.25, 0.3) is 0 Å². The van der Waals surface area contributed by atoms with Crippen LogP contribution >= 0.6 is 11.8 Å². The fraction of sp³-hybridized carbons (Fsp3) is 0.727. The Hall–Kier alpha value is -0.520. The molecule has 2 atom stereocenters. The average Bonchev–Trinajstić information content (AvgIpc) is 2.92. The molecule has 2 heterocycles. The Balaban J connectivity index is 1.85. The first-order valence-electron chi connectivity index (χ1n) is 5.82. The number of hydrazine groups is 1. The summed E-state index contributed by atoms with van der Waals surface area (Å²) in [5.74, 6) is 8.92. The monoisotopic (exact) mass is 240 g/mol. The van der Waals surface area contributed by atoms with E-state index in [1.54, 1.807) is 0 Å². The standard InChI is InChI=1S/C11H20N4S/c1-15-10(4-6-13-15)2-3-11(14-12)9-5-7-16-8-9/h4,6,9,11,14H,2-3,5,7-8,12H2,1H3. The lowest BCUT2D eigenvalue weighted by Crippen LogP contribution is -2.41. The molecule has 1 aromatic heterocycles. The van der Waals surface area contributed by atoms with Crippen molar-refractivity contribution < 1.29 is 0 Å². The van der Waals surface area contributed by atoms with Gasteiger partial charge in [0.05, 0.1) is 0 Å². The normalized spacial score (nSPS) is 22.5. The highest BCUT2D eigenvalue weighted by Gasteiger charge is 2.24. The number of thioether (sulfide) groups is 1. The molecule has 1 aromatic rings. The first kappa shape index (κ1) is 12.0. The summed E-state index contributed by atoms with van der Waals surface area (Å²) >= 11 is 2.04. The molecule has 0 spiro atoms. The minimum atomic E-state index is 0.449. The van der Waals surface area contributed by atoms with Crippen LogP contribution in [0.4, 0.5) is 0 Å². The molecule has 0 saturated carbocycles. The summed E-state index contributed by atoms with van der Waals surface area (Å²) in [5, 5.41) is 4.18. The molecule has 16 heavy (non-hydrogen) atoms. The van der Waals surface area contributed by atoms with Gasteiger partial charge >= 0.3 is 0 Å². The number of hydrogen-bond acceptors (Lipinski definition) is 4. The number of rotatable bonds is 5. The van der Waals surface area contributed by atoms with Crippen molar-refractivity contribution in [3.63, 3.8) is 0 Å². The van der Waals surface area contributed by atoms with E-state index in [9.17, 15) is 0 Å². The zero-order valence-electron chi connectivity index (χ0n) is 9.72. The van der Waals surface area contributed by atoms with E-state index in [2.05, 4.69) is 16.6 Å². The summed E-state index contributed by atoms with van der Waals surface area (Å²) in [7, 11) is 1.99. The van der Waals surface area contributed by atoms with E-state index in [-0.39, 0.29) is 0 Å². The second-order valence-corrected chi connectivity index (χ2v) is 5.53. The van der Waals surface area contributed by atoms with Crippen LogP contribution in [-0.4, -0.2) is 27.3 Å². The smallest absolute Gasteiger partial charge is 0.0492 e. The molecule has 2 unspecified atom stereocenters. The van der Waals surface area contributed by atoms with Gasteiger partial charge in [0, 0.05) is 25.0 Å². The summed E-state index contributed by atoms with van der Waals surface area (Å²) in [6, 6.07) is 2.53. The van der Waals surface area contributed by atoms with E-state index in [1.165, 1.54) is 23.6 Å². The second kappa shape index (κ2) is 5.70. The number of nitrogens with one attached hydrogen (secondary N) is 1. The fourth-order valence-corrected chi connectivity index (χ4v) is 3.61. The Bertz CT molecular complexity index is 320. The Morgan fingerprint density at radius 1 is 1.75 bits per heavy atom. The average molecular weight is 240 g/mol. The molecule has 1 fully saturated rings. The van der Waals surface area contributed by atoms with Crippen molar-refractivity contribution in [2.75, 3.05) is 11.5 Å². The highest BCUT2D eigenvalue weighted by atomic mass is 32.2. The number of nitrogens with zero attached hydrogens (tertiary/aromatic N) is 2. The van der Waals surface area contributed by atoms with Crippen molar-refractivity contribution in [2.45, 2.75) is 25.3 Å². The third-order valence-electron chi connectivity index (χ3n) is 3.38. The van der Waals surface area contributed by atoms with Crippen molar-refractivity contribution in [1.82, 2.24) is 15.2 Å². The highest BCUT2D eigenvalue weighted by molar-refractivity contribution is 7.99. The van der Waals surface area contributed by atoms with E-state index in [0.717, 1.165) is 18.8 Å². The molecule has 3 N–H and O–H groups in total. The lowest BCUT2D eigenvalue weighted by Gasteiger charge is -2.21. The van der Waals surface area contributed by atoms with Crippen LogP contribution in [0.25, 0.3) is 0 Å². The first-order valence-corrected chi connectivity index (χ1v) is 6.97. The number of nitrogens with two attached hydrogens (primary N) is 1. The summed E-state index contributed by atoms with van der Waals surface area (Å²) < 4.78 is 1.94. The zero-order valence-corrected chi connectivity index (χ0v) is 10.5. The largest absolute Gasteiger partial charge is 0.273 e. The SMILES string of the molecule is Cn1nccc1CCC(NN)C1CCSC1. The van der Waals surface area contributed by atoms with Crippen molar-refractivity contribution in [2.24, 2.45) is 18.8 Å². The summed E-state index contributed by atoms with van der Waals surface area (Å²) in [4.78, 5) is 0. The highest BCUT2D eigenvalue weighted by Crippen LogP contribution is 2.27. The van der Waals surface area contributed by atoms with Crippen LogP contribution in [0.5, 0.6) is 0 Å². The van der Waals surface area contributed by atoms with Gasteiger partial charge in [-0.1, -0.05) is 0 Å². The number of aryl methyl sites for hydroxylation is 2. The zero-order chi connectivity index (χ0) is 11.4. The van der Waals surface area contributed by atoms with Crippen LogP contribution in [0.1, 0.15) is 18.5 Å². The molecule has 0 aliphatic carbocycles. The molecule has 2 rings (SSSR count). The molecule has 4 nitrogen and oxygen atoms in total. The maximum atomic E-state index is 5.65. The molecule has 5 heteroatoms. The molecule has 1 aliphatic rings. The van der Waals surface area contributed by atoms with E-state index in [0.29, 0.717) is 6.04 Å². The van der Waals surface area contributed by atoms with Crippen molar-refractivity contribution in [3.05, 3.63) is 18.0 Å². The quantitative estimate of drug-likeness (QED) is 0.594. The van der Waals surface area contributed by atoms with Gasteiger partial charge in [0.1, 0.15) is 0 Å². The first-order chi connectivity index (χ1) is 7.81. The Morgan fingerprint density at radius 3 is 3.19 bits per heavy atom. The fourth-order valence-electron chi connectivity index (χ4n) is 2.28. The van der Waals surface area contributed by atoms with Gasteiger partial charge < -0.3 is 0 Å². The van der Waals surface area contributed by atoms with Gasteiger partial charge in [-0.3, -0.25) is 16.0 Å². The van der Waals surface area contributed by atoms with Crippen LogP contribution in [0.15, 0.2) is 12.3 Å². The molecule has 0 amide bonds. The molecule has 1 saturated heterocycles. The minimum Gasteiger partial charge on any atom is -0.273 e. The van der Waals surface area contributed by atoms with Gasteiger partial charge in [0.15, 0.2) is 0 Å². The van der Waals surface area contributed by atoms with Crippen LogP contribution in [-0.2, 0) is 13.5 Å². The summed E-state index contributed by atoms with van der Waals surface area (Å²) in [6.45, 7) is 0. The third-order valence-corrected chi connectivity index (χ3v) is 4.57. The lowest BCUT2D eigenvalue weighted by molar-refractivity contribution is 0.365.